The zero-order chi connectivity index (χ0) is 19.3. The summed E-state index contributed by atoms with van der Waals surface area (Å²) in [6.07, 6.45) is 0. The molecule has 0 heterocycles. The number of rotatable bonds is 5. The van der Waals surface area contributed by atoms with Crippen LogP contribution in [0, 0.1) is 0 Å². The number of hydrogen-bond donors (Lipinski definition) is 0. The first kappa shape index (κ1) is 18.4. The van der Waals surface area contributed by atoms with E-state index in [9.17, 15) is 0 Å². The van der Waals surface area contributed by atoms with E-state index in [1.54, 1.807) is 0 Å². The quantitative estimate of drug-likeness (QED) is 0.272. The van der Waals surface area contributed by atoms with E-state index >= 15 is 0 Å². The SMILES string of the molecule is S=C=NCc1ccc2ccccc2c1-c1c(CN=C=S)ccc2ccccc12. The number of benzene rings is 4. The molecule has 134 valence electrons. The molecule has 4 aromatic carbocycles. The maximum atomic E-state index is 4.82. The molecule has 0 radical (unpaired) electrons. The molecule has 2 nitrogen and oxygen atoms in total. The van der Waals surface area contributed by atoms with Gasteiger partial charge in [-0.2, -0.15) is 0 Å². The summed E-state index contributed by atoms with van der Waals surface area (Å²) in [6, 6.07) is 25.3. The predicted octanol–water partition coefficient (Wildman–Crippen LogP) is 6.87. The van der Waals surface area contributed by atoms with E-state index in [0.29, 0.717) is 13.1 Å². The van der Waals surface area contributed by atoms with Gasteiger partial charge in [0.15, 0.2) is 0 Å². The molecule has 0 unspecified atom stereocenters. The van der Waals surface area contributed by atoms with Gasteiger partial charge >= 0.3 is 0 Å². The van der Waals surface area contributed by atoms with Gasteiger partial charge in [0.2, 0.25) is 0 Å². The topological polar surface area (TPSA) is 24.7 Å². The lowest BCUT2D eigenvalue weighted by atomic mass is 9.87. The van der Waals surface area contributed by atoms with Crippen LogP contribution in [0.15, 0.2) is 82.8 Å². The Morgan fingerprint density at radius 2 is 1.00 bits per heavy atom. The smallest absolute Gasteiger partial charge is 0.0749 e. The fourth-order valence-electron chi connectivity index (χ4n) is 3.72. The van der Waals surface area contributed by atoms with Gasteiger partial charge < -0.3 is 0 Å². The summed E-state index contributed by atoms with van der Waals surface area (Å²) in [7, 11) is 0. The molecule has 28 heavy (non-hydrogen) atoms. The fraction of sp³-hybridized carbons (Fsp3) is 0.0833. The molecule has 0 aromatic heterocycles. The van der Waals surface area contributed by atoms with Gasteiger partial charge in [-0.15, -0.1) is 0 Å². The Balaban J connectivity index is 2.15. The number of nitrogens with zero attached hydrogens (tertiary/aromatic N) is 2. The normalized spacial score (nSPS) is 10.4. The van der Waals surface area contributed by atoms with Crippen molar-refractivity contribution in [2.75, 3.05) is 0 Å². The van der Waals surface area contributed by atoms with Gasteiger partial charge in [-0.3, -0.25) is 0 Å². The summed E-state index contributed by atoms with van der Waals surface area (Å²) >= 11 is 9.63. The summed E-state index contributed by atoms with van der Waals surface area (Å²) in [5.74, 6) is 0. The highest BCUT2D eigenvalue weighted by Crippen LogP contribution is 2.39. The summed E-state index contributed by atoms with van der Waals surface area (Å²) in [5, 5.41) is 9.73. The molecule has 0 saturated carbocycles. The van der Waals surface area contributed by atoms with Crippen molar-refractivity contribution in [3.63, 3.8) is 0 Å². The molecule has 4 aromatic rings. The molecule has 0 saturated heterocycles. The average molecular weight is 397 g/mol. The van der Waals surface area contributed by atoms with E-state index < -0.39 is 0 Å². The van der Waals surface area contributed by atoms with Crippen molar-refractivity contribution in [2.24, 2.45) is 9.98 Å². The molecular weight excluding hydrogens is 380 g/mol. The van der Waals surface area contributed by atoms with E-state index in [2.05, 4.69) is 93.1 Å². The fourth-order valence-corrected chi connectivity index (χ4v) is 3.85. The van der Waals surface area contributed by atoms with E-state index in [0.717, 1.165) is 11.1 Å². The van der Waals surface area contributed by atoms with Crippen molar-refractivity contribution in [1.82, 2.24) is 0 Å². The molecule has 0 N–H and O–H groups in total. The van der Waals surface area contributed by atoms with E-state index in [4.69, 9.17) is 24.4 Å². The Morgan fingerprint density at radius 1 is 0.571 bits per heavy atom. The Bertz CT molecular complexity index is 1180. The number of fused-ring (bicyclic) bond motifs is 2. The molecule has 0 bridgehead atoms. The zero-order valence-electron chi connectivity index (χ0n) is 15.1. The van der Waals surface area contributed by atoms with E-state index in [1.807, 2.05) is 0 Å². The second kappa shape index (κ2) is 8.35. The van der Waals surface area contributed by atoms with Crippen molar-refractivity contribution in [3.05, 3.63) is 83.9 Å². The summed E-state index contributed by atoms with van der Waals surface area (Å²) in [4.78, 5) is 8.44. The average Bonchev–Trinajstić information content (AvgIpc) is 2.75. The highest BCUT2D eigenvalue weighted by molar-refractivity contribution is 7.78. The van der Waals surface area contributed by atoms with Crippen LogP contribution in [0.4, 0.5) is 0 Å². The highest BCUT2D eigenvalue weighted by atomic mass is 32.1. The Hall–Kier alpha value is -3.00. The summed E-state index contributed by atoms with van der Waals surface area (Å²) in [6.45, 7) is 0.978. The lowest BCUT2D eigenvalue weighted by molar-refractivity contribution is 1.07. The molecule has 4 rings (SSSR count). The van der Waals surface area contributed by atoms with Gasteiger partial charge in [0, 0.05) is 0 Å². The summed E-state index contributed by atoms with van der Waals surface area (Å²) < 4.78 is 0. The third-order valence-corrected chi connectivity index (χ3v) is 5.17. The minimum Gasteiger partial charge on any atom is -0.228 e. The molecule has 0 aliphatic rings. The number of thiocarbonyl (C=S) groups is 2. The lowest BCUT2D eigenvalue weighted by Gasteiger charge is -2.18. The van der Waals surface area contributed by atoms with Crippen molar-refractivity contribution < 1.29 is 0 Å². The first-order valence-electron chi connectivity index (χ1n) is 8.92. The maximum absolute atomic E-state index is 4.82. The van der Waals surface area contributed by atoms with Crippen LogP contribution in [0.5, 0.6) is 0 Å². The Morgan fingerprint density at radius 3 is 1.43 bits per heavy atom. The van der Waals surface area contributed by atoms with Crippen LogP contribution in [0.3, 0.4) is 0 Å². The largest absolute Gasteiger partial charge is 0.228 e. The standard InChI is InChI=1S/C24H16N2S2/c27-15-25-13-19-11-9-17-5-1-3-7-21(17)23(19)24-20(14-26-16-28)12-10-18-6-2-4-8-22(18)24/h1-12H,13-14H2. The first-order chi connectivity index (χ1) is 13.8. The van der Waals surface area contributed by atoms with Gasteiger partial charge in [-0.05, 0) is 68.2 Å². The third-order valence-electron chi connectivity index (χ3n) is 4.91. The van der Waals surface area contributed by atoms with Crippen LogP contribution >= 0.6 is 24.4 Å². The predicted molar refractivity (Wildman–Crippen MR) is 124 cm³/mol. The van der Waals surface area contributed by atoms with Gasteiger partial charge in [-0.25, -0.2) is 9.98 Å². The Labute approximate surface area is 174 Å². The van der Waals surface area contributed by atoms with Crippen LogP contribution < -0.4 is 0 Å². The molecule has 4 heteroatoms. The van der Waals surface area contributed by atoms with Crippen LogP contribution in [-0.4, -0.2) is 10.3 Å². The minimum atomic E-state index is 0.489. The zero-order valence-corrected chi connectivity index (χ0v) is 16.7. The third kappa shape index (κ3) is 3.43. The molecule has 0 fully saturated rings. The van der Waals surface area contributed by atoms with Crippen molar-refractivity contribution in [2.45, 2.75) is 13.1 Å². The van der Waals surface area contributed by atoms with Crippen LogP contribution in [0.1, 0.15) is 11.1 Å². The second-order valence-electron chi connectivity index (χ2n) is 6.46. The van der Waals surface area contributed by atoms with Gasteiger partial charge in [-0.1, -0.05) is 72.8 Å². The number of aliphatic imine (C=N–C) groups is 2. The minimum absolute atomic E-state index is 0.489. The first-order valence-corrected chi connectivity index (χ1v) is 9.74. The van der Waals surface area contributed by atoms with Crippen LogP contribution in [0.25, 0.3) is 32.7 Å². The number of isothiocyanates is 2. The molecule has 0 atom stereocenters. The van der Waals surface area contributed by atoms with Crippen molar-refractivity contribution in [3.8, 4) is 11.1 Å². The van der Waals surface area contributed by atoms with Crippen LogP contribution in [-0.2, 0) is 13.1 Å². The molecule has 0 spiro atoms. The molecule has 0 aliphatic carbocycles. The monoisotopic (exact) mass is 396 g/mol. The molecule has 0 aliphatic heterocycles. The van der Waals surface area contributed by atoms with Gasteiger partial charge in [0.05, 0.1) is 23.4 Å². The van der Waals surface area contributed by atoms with Gasteiger partial charge in [0.25, 0.3) is 0 Å². The second-order valence-corrected chi connectivity index (χ2v) is 6.82. The molecular formula is C24H16N2S2. The maximum Gasteiger partial charge on any atom is 0.0749 e. The summed E-state index contributed by atoms with van der Waals surface area (Å²) in [5.41, 5.74) is 4.55. The Kier molecular flexibility index (Phi) is 5.48. The van der Waals surface area contributed by atoms with E-state index in [-0.39, 0.29) is 0 Å². The molecule has 0 amide bonds. The van der Waals surface area contributed by atoms with Crippen LogP contribution in [0.2, 0.25) is 0 Å². The van der Waals surface area contributed by atoms with Crippen molar-refractivity contribution in [1.29, 1.82) is 0 Å². The highest BCUT2D eigenvalue weighted by Gasteiger charge is 2.16. The van der Waals surface area contributed by atoms with Gasteiger partial charge in [0.1, 0.15) is 0 Å². The van der Waals surface area contributed by atoms with E-state index in [1.165, 1.54) is 32.7 Å². The lowest BCUT2D eigenvalue weighted by Crippen LogP contribution is -1.96. The van der Waals surface area contributed by atoms with Crippen molar-refractivity contribution >= 4 is 56.3 Å². The number of hydrogen-bond acceptors (Lipinski definition) is 4.